The minimum absolute atomic E-state index is 0.0912. The zero-order valence-electron chi connectivity index (χ0n) is 28.3. The largest absolute Gasteiger partial charge is 0.507 e. The summed E-state index contributed by atoms with van der Waals surface area (Å²) >= 11 is 0. The van der Waals surface area contributed by atoms with Crippen LogP contribution in [-0.4, -0.2) is 79.6 Å². The van der Waals surface area contributed by atoms with Gasteiger partial charge in [0.25, 0.3) is 5.91 Å². The summed E-state index contributed by atoms with van der Waals surface area (Å²) in [5, 5.41) is 16.6. The van der Waals surface area contributed by atoms with Crippen molar-refractivity contribution in [2.24, 2.45) is 0 Å². The van der Waals surface area contributed by atoms with Crippen LogP contribution in [0.15, 0.2) is 46.6 Å². The van der Waals surface area contributed by atoms with Crippen LogP contribution in [-0.2, 0) is 38.2 Å². The average Bonchev–Trinajstić information content (AvgIpc) is 3.70. The number of benzene rings is 2. The molecule has 5 rings (SSSR count). The van der Waals surface area contributed by atoms with Crippen LogP contribution in [0, 0.1) is 13.8 Å². The molecule has 270 valence electrons. The third kappa shape index (κ3) is 9.85. The lowest BCUT2D eigenvalue weighted by Gasteiger charge is -2.26. The van der Waals surface area contributed by atoms with Gasteiger partial charge in [-0.05, 0) is 63.4 Å². The van der Waals surface area contributed by atoms with Gasteiger partial charge in [-0.3, -0.25) is 14.5 Å². The van der Waals surface area contributed by atoms with Gasteiger partial charge in [0.05, 0.1) is 32.1 Å². The predicted molar refractivity (Wildman–Crippen MR) is 174 cm³/mol. The Morgan fingerprint density at radius 1 is 1.12 bits per heavy atom. The number of alkyl halides is 3. The van der Waals surface area contributed by atoms with E-state index in [4.69, 9.17) is 23.5 Å². The van der Waals surface area contributed by atoms with E-state index in [1.165, 1.54) is 18.3 Å². The number of ether oxygens (including phenoxy) is 4. The van der Waals surface area contributed by atoms with Gasteiger partial charge in [-0.1, -0.05) is 16.8 Å². The third-order valence-electron chi connectivity index (χ3n) is 8.27. The maximum Gasteiger partial charge on any atom is 0.416 e. The van der Waals surface area contributed by atoms with Gasteiger partial charge in [0.2, 0.25) is 0 Å². The lowest BCUT2D eigenvalue weighted by atomic mass is 9.94. The molecular weight excluding hydrogens is 663 g/mol. The highest BCUT2D eigenvalue weighted by Gasteiger charge is 2.32. The smallest absolute Gasteiger partial charge is 0.416 e. The summed E-state index contributed by atoms with van der Waals surface area (Å²) in [5.41, 5.74) is 2.96. The number of hydrogen-bond acceptors (Lipinski definition) is 11. The number of morpholine rings is 1. The fraction of sp³-hybridized carbons (Fsp3) is 0.429. The van der Waals surface area contributed by atoms with E-state index in [-0.39, 0.29) is 35.1 Å². The normalized spacial score (nSPS) is 14.7. The number of rotatable bonds is 11. The molecule has 1 fully saturated rings. The number of carbonyl (C=O) groups is 3. The second-order valence-corrected chi connectivity index (χ2v) is 11.7. The number of cyclic esters (lactones) is 1. The summed E-state index contributed by atoms with van der Waals surface area (Å²) < 4.78 is 63.0. The number of hydrogen-bond donors (Lipinski definition) is 2. The number of allylic oxidation sites excluding steroid dienone is 2. The third-order valence-corrected chi connectivity index (χ3v) is 8.27. The van der Waals surface area contributed by atoms with E-state index in [0.29, 0.717) is 48.5 Å². The molecule has 0 bridgehead atoms. The molecular formula is C35H40F3N3O9. The van der Waals surface area contributed by atoms with Crippen LogP contribution in [0.2, 0.25) is 0 Å². The molecule has 0 unspecified atom stereocenters. The number of nitrogens with zero attached hydrogens (tertiary/aromatic N) is 2. The lowest BCUT2D eigenvalue weighted by Crippen LogP contribution is -2.38. The van der Waals surface area contributed by atoms with Crippen molar-refractivity contribution in [1.29, 1.82) is 0 Å². The quantitative estimate of drug-likeness (QED) is 0.185. The highest BCUT2D eigenvalue weighted by molar-refractivity contribution is 6.04. The Morgan fingerprint density at radius 2 is 1.82 bits per heavy atom. The fourth-order valence-electron chi connectivity index (χ4n) is 5.35. The van der Waals surface area contributed by atoms with Gasteiger partial charge >= 0.3 is 18.1 Å². The summed E-state index contributed by atoms with van der Waals surface area (Å²) in [7, 11) is 1.54. The maximum atomic E-state index is 12.4. The zero-order chi connectivity index (χ0) is 36.4. The van der Waals surface area contributed by atoms with Crippen LogP contribution in [0.4, 0.5) is 18.9 Å². The van der Waals surface area contributed by atoms with Crippen LogP contribution in [0.3, 0.4) is 0 Å². The number of nitrogens with one attached hydrogen (secondary N) is 1. The Morgan fingerprint density at radius 3 is 2.44 bits per heavy atom. The van der Waals surface area contributed by atoms with Gasteiger partial charge in [-0.15, -0.1) is 0 Å². The second-order valence-electron chi connectivity index (χ2n) is 11.7. The van der Waals surface area contributed by atoms with Gasteiger partial charge in [-0.25, -0.2) is 4.79 Å². The van der Waals surface area contributed by atoms with Crippen LogP contribution in [0.1, 0.15) is 68.5 Å². The second kappa shape index (κ2) is 17.2. The molecule has 12 nitrogen and oxygen atoms in total. The molecule has 3 heterocycles. The predicted octanol–water partition coefficient (Wildman–Crippen LogP) is 5.78. The molecule has 0 atom stereocenters. The summed E-state index contributed by atoms with van der Waals surface area (Å²) in [6, 6.07) is 4.17. The van der Waals surface area contributed by atoms with Crippen LogP contribution in [0.5, 0.6) is 11.5 Å². The number of fused-ring (bicyclic) bond motifs is 1. The molecule has 1 aromatic heterocycles. The van der Waals surface area contributed by atoms with E-state index in [1.807, 2.05) is 19.9 Å². The molecule has 2 aliphatic rings. The minimum Gasteiger partial charge on any atom is -0.507 e. The van der Waals surface area contributed by atoms with E-state index in [9.17, 15) is 32.7 Å². The van der Waals surface area contributed by atoms with Crippen molar-refractivity contribution in [1.82, 2.24) is 10.1 Å². The van der Waals surface area contributed by atoms with Gasteiger partial charge < -0.3 is 33.9 Å². The van der Waals surface area contributed by atoms with Crippen molar-refractivity contribution in [3.8, 4) is 11.5 Å². The molecule has 0 aliphatic carbocycles. The number of halogens is 3. The van der Waals surface area contributed by atoms with Crippen molar-refractivity contribution in [2.45, 2.75) is 52.8 Å². The number of aryl methyl sites for hydroxylation is 1. The number of phenolic OH excluding ortho intramolecular Hbond substituents is 1. The van der Waals surface area contributed by atoms with E-state index in [0.717, 1.165) is 56.1 Å². The first-order valence-corrected chi connectivity index (χ1v) is 15.9. The molecule has 2 aromatic carbocycles. The van der Waals surface area contributed by atoms with E-state index < -0.39 is 23.6 Å². The molecule has 15 heteroatoms. The first-order chi connectivity index (χ1) is 23.8. The Kier molecular flexibility index (Phi) is 13.0. The van der Waals surface area contributed by atoms with Crippen molar-refractivity contribution in [3.05, 3.63) is 81.3 Å². The topological polar surface area (TPSA) is 150 Å². The number of carbonyl (C=O) groups excluding carboxylic acids is 3. The average molecular weight is 704 g/mol. The summed E-state index contributed by atoms with van der Waals surface area (Å²) in [4.78, 5) is 38.0. The van der Waals surface area contributed by atoms with Crippen molar-refractivity contribution < 1.29 is 56.1 Å². The van der Waals surface area contributed by atoms with Crippen LogP contribution in [0.25, 0.3) is 0 Å². The molecule has 50 heavy (non-hydrogen) atoms. The summed E-state index contributed by atoms with van der Waals surface area (Å²) in [5.74, 6) is -0.423. The molecule has 0 saturated carbocycles. The Bertz CT molecular complexity index is 1700. The number of amides is 1. The number of esters is 2. The molecule has 2 aliphatic heterocycles. The number of anilines is 1. The Hall–Kier alpha value is -4.89. The SMILES string of the molecule is COc1c(C)c2c(c(O)c1C/C=C(\C)CCC(=O)OCCN1CCOCC1)C(=O)OC2.Cc1oncc1C(=O)Nc1ccc(C(F)(F)F)cc1. The summed E-state index contributed by atoms with van der Waals surface area (Å²) in [6.45, 7) is 9.80. The molecule has 3 aromatic rings. The maximum absolute atomic E-state index is 12.4. The fourth-order valence-corrected chi connectivity index (χ4v) is 5.35. The molecule has 1 saturated heterocycles. The van der Waals surface area contributed by atoms with Gasteiger partial charge in [0.1, 0.15) is 41.6 Å². The summed E-state index contributed by atoms with van der Waals surface area (Å²) in [6.07, 6.45) is 0.0247. The number of aromatic nitrogens is 1. The van der Waals surface area contributed by atoms with E-state index in [2.05, 4.69) is 15.4 Å². The first-order valence-electron chi connectivity index (χ1n) is 15.9. The van der Waals surface area contributed by atoms with Crippen LogP contribution >= 0.6 is 0 Å². The van der Waals surface area contributed by atoms with Crippen LogP contribution < -0.4 is 10.1 Å². The Labute approximate surface area is 287 Å². The van der Waals surface area contributed by atoms with Gasteiger partial charge in [0.15, 0.2) is 0 Å². The van der Waals surface area contributed by atoms with Crippen molar-refractivity contribution in [3.63, 3.8) is 0 Å². The van der Waals surface area contributed by atoms with Gasteiger partial charge in [-0.2, -0.15) is 13.2 Å². The number of aromatic hydroxyl groups is 1. The van der Waals surface area contributed by atoms with Gasteiger partial charge in [0, 0.05) is 42.9 Å². The standard InChI is InChI=1S/C23H31NO7.C12H9F3N2O2/c1-15(5-7-19(25)30-13-10-24-8-11-29-12-9-24)4-6-17-21(26)20-18(14-31-23(20)27)16(2)22(17)28-3;1-7-10(6-16-19-7)11(18)17-9-4-2-8(3-5-9)12(13,14)15/h4,26H,5-14H2,1-3H3;2-6H,1H3,(H,17,18)/b15-4+;. The molecule has 2 N–H and O–H groups in total. The Balaban J connectivity index is 0.000000252. The van der Waals surface area contributed by atoms with Crippen molar-refractivity contribution >= 4 is 23.5 Å². The lowest BCUT2D eigenvalue weighted by molar-refractivity contribution is -0.144. The van der Waals surface area contributed by atoms with E-state index in [1.54, 1.807) is 14.0 Å². The highest BCUT2D eigenvalue weighted by atomic mass is 19.4. The monoisotopic (exact) mass is 703 g/mol. The molecule has 0 radical (unpaired) electrons. The van der Waals surface area contributed by atoms with E-state index >= 15 is 0 Å². The minimum atomic E-state index is -4.40. The first kappa shape index (κ1) is 37.9. The van der Waals surface area contributed by atoms with Crippen molar-refractivity contribution in [2.75, 3.05) is 51.9 Å². The molecule has 1 amide bonds. The highest BCUT2D eigenvalue weighted by Crippen LogP contribution is 2.42. The number of methoxy groups -OCH3 is 1. The zero-order valence-corrected chi connectivity index (χ0v) is 28.3. The number of phenols is 1. The molecule has 0 spiro atoms.